The fourth-order valence-electron chi connectivity index (χ4n) is 1.96. The Labute approximate surface area is 121 Å². The fraction of sp³-hybridized carbons (Fsp3) is 0.0714. The van der Waals surface area contributed by atoms with Gasteiger partial charge in [-0.25, -0.2) is 13.8 Å². The molecule has 108 valence electrons. The van der Waals surface area contributed by atoms with Crippen LogP contribution in [-0.2, 0) is 16.6 Å². The van der Waals surface area contributed by atoms with Crippen molar-refractivity contribution >= 4 is 27.5 Å². The molecule has 0 saturated heterocycles. The zero-order valence-corrected chi connectivity index (χ0v) is 11.6. The van der Waals surface area contributed by atoms with Crippen molar-refractivity contribution in [1.82, 2.24) is 9.97 Å². The summed E-state index contributed by atoms with van der Waals surface area (Å²) in [5, 5.41) is 0.278. The molecule has 0 fully saturated rings. The van der Waals surface area contributed by atoms with Crippen molar-refractivity contribution in [3.05, 3.63) is 53.6 Å². The van der Waals surface area contributed by atoms with Crippen LogP contribution in [0.1, 0.15) is 5.56 Å². The number of hydrogen-bond donors (Lipinski definition) is 2. The molecule has 4 nitrogen and oxygen atoms in total. The minimum Gasteiger partial charge on any atom is -0.399 e. The molecule has 0 aliphatic carbocycles. The summed E-state index contributed by atoms with van der Waals surface area (Å²) in [6.07, 6.45) is 0. The summed E-state index contributed by atoms with van der Waals surface area (Å²) in [4.78, 5) is 7.13. The number of imidazole rings is 1. The number of nitrogens with zero attached hydrogens (tertiary/aromatic N) is 1. The first-order chi connectivity index (χ1) is 10.0. The van der Waals surface area contributed by atoms with Crippen LogP contribution in [0, 0.1) is 11.6 Å². The van der Waals surface area contributed by atoms with E-state index < -0.39 is 22.4 Å². The lowest BCUT2D eigenvalue weighted by Gasteiger charge is -2.00. The highest BCUT2D eigenvalue weighted by molar-refractivity contribution is 7.84. The number of aromatic amines is 1. The van der Waals surface area contributed by atoms with Gasteiger partial charge in [0.15, 0.2) is 16.8 Å². The van der Waals surface area contributed by atoms with Crippen LogP contribution in [0.15, 0.2) is 41.6 Å². The number of H-pyrrole nitrogens is 1. The molecule has 3 rings (SSSR count). The first-order valence-corrected chi connectivity index (χ1v) is 7.42. The van der Waals surface area contributed by atoms with E-state index in [-0.39, 0.29) is 10.9 Å². The molecule has 3 N–H and O–H groups in total. The lowest BCUT2D eigenvalue weighted by Crippen LogP contribution is -1.99. The molecule has 3 aromatic rings. The molecule has 0 saturated carbocycles. The third-order valence-corrected chi connectivity index (χ3v) is 4.20. The highest BCUT2D eigenvalue weighted by Crippen LogP contribution is 2.18. The summed E-state index contributed by atoms with van der Waals surface area (Å²) < 4.78 is 38.2. The summed E-state index contributed by atoms with van der Waals surface area (Å²) in [5.74, 6) is -1.84. The quantitative estimate of drug-likeness (QED) is 0.731. The minimum atomic E-state index is -1.49. The van der Waals surface area contributed by atoms with Crippen molar-refractivity contribution in [2.24, 2.45) is 0 Å². The van der Waals surface area contributed by atoms with Gasteiger partial charge in [-0.1, -0.05) is 6.07 Å². The maximum Gasteiger partial charge on any atom is 0.197 e. The Morgan fingerprint density at radius 3 is 2.71 bits per heavy atom. The van der Waals surface area contributed by atoms with Crippen LogP contribution in [-0.4, -0.2) is 14.2 Å². The largest absolute Gasteiger partial charge is 0.399 e. The Bertz CT molecular complexity index is 847. The van der Waals surface area contributed by atoms with Crippen molar-refractivity contribution in [1.29, 1.82) is 0 Å². The van der Waals surface area contributed by atoms with Gasteiger partial charge in [-0.15, -0.1) is 0 Å². The Morgan fingerprint density at radius 1 is 1.14 bits per heavy atom. The monoisotopic (exact) mass is 307 g/mol. The number of nitrogens with two attached hydrogens (primary N) is 1. The summed E-state index contributed by atoms with van der Waals surface area (Å²) in [6.45, 7) is 0. The van der Waals surface area contributed by atoms with E-state index in [9.17, 15) is 13.0 Å². The molecule has 1 aromatic heterocycles. The third-order valence-electron chi connectivity index (χ3n) is 2.98. The maximum absolute atomic E-state index is 13.1. The van der Waals surface area contributed by atoms with Crippen LogP contribution in [0.4, 0.5) is 14.5 Å². The Morgan fingerprint density at radius 2 is 1.95 bits per heavy atom. The number of fused-ring (bicyclic) bond motifs is 1. The molecule has 0 bridgehead atoms. The number of nitrogens with one attached hydrogen (secondary N) is 1. The molecule has 7 heteroatoms. The van der Waals surface area contributed by atoms with E-state index in [1.165, 1.54) is 6.07 Å². The van der Waals surface area contributed by atoms with Crippen LogP contribution in [0.25, 0.3) is 11.0 Å². The lowest BCUT2D eigenvalue weighted by atomic mass is 10.2. The van der Waals surface area contributed by atoms with Crippen LogP contribution in [0.5, 0.6) is 0 Å². The van der Waals surface area contributed by atoms with Gasteiger partial charge < -0.3 is 10.7 Å². The lowest BCUT2D eigenvalue weighted by molar-refractivity contribution is 0.507. The van der Waals surface area contributed by atoms with Crippen LogP contribution < -0.4 is 5.73 Å². The first kappa shape index (κ1) is 13.7. The summed E-state index contributed by atoms with van der Waals surface area (Å²) in [6, 6.07) is 8.57. The van der Waals surface area contributed by atoms with E-state index in [0.29, 0.717) is 22.3 Å². The van der Waals surface area contributed by atoms with Gasteiger partial charge in [0.1, 0.15) is 0 Å². The van der Waals surface area contributed by atoms with E-state index in [1.54, 1.807) is 18.2 Å². The van der Waals surface area contributed by atoms with E-state index in [1.807, 2.05) is 0 Å². The predicted octanol–water partition coefficient (Wildman–Crippen LogP) is 2.73. The number of rotatable bonds is 3. The van der Waals surface area contributed by atoms with Crippen molar-refractivity contribution in [3.8, 4) is 0 Å². The van der Waals surface area contributed by atoms with Crippen LogP contribution in [0.3, 0.4) is 0 Å². The number of aromatic nitrogens is 2. The topological polar surface area (TPSA) is 71.8 Å². The average Bonchev–Trinajstić information content (AvgIpc) is 2.86. The van der Waals surface area contributed by atoms with Gasteiger partial charge >= 0.3 is 0 Å². The zero-order chi connectivity index (χ0) is 15.0. The van der Waals surface area contributed by atoms with Crippen LogP contribution >= 0.6 is 0 Å². The van der Waals surface area contributed by atoms with E-state index >= 15 is 0 Å². The van der Waals surface area contributed by atoms with Gasteiger partial charge in [0.05, 0.1) is 27.6 Å². The molecule has 0 amide bonds. The number of nitrogen functional groups attached to an aromatic ring is 1. The number of halogens is 2. The maximum atomic E-state index is 13.1. The van der Waals surface area contributed by atoms with Crippen molar-refractivity contribution in [3.63, 3.8) is 0 Å². The Hall–Kier alpha value is -2.28. The summed E-state index contributed by atoms with van der Waals surface area (Å²) in [7, 11) is -1.49. The normalized spacial score (nSPS) is 12.7. The zero-order valence-electron chi connectivity index (χ0n) is 10.8. The van der Waals surface area contributed by atoms with Gasteiger partial charge in [0.25, 0.3) is 0 Å². The highest BCUT2D eigenvalue weighted by Gasteiger charge is 2.12. The molecule has 1 heterocycles. The Kier molecular flexibility index (Phi) is 3.42. The summed E-state index contributed by atoms with van der Waals surface area (Å²) in [5.41, 5.74) is 8.01. The second-order valence-corrected chi connectivity index (χ2v) is 5.92. The minimum absolute atomic E-state index is 0.0481. The molecule has 0 radical (unpaired) electrons. The van der Waals surface area contributed by atoms with Gasteiger partial charge in [0.2, 0.25) is 0 Å². The summed E-state index contributed by atoms with van der Waals surface area (Å²) >= 11 is 0. The van der Waals surface area contributed by atoms with E-state index in [0.717, 1.165) is 12.1 Å². The van der Waals surface area contributed by atoms with Gasteiger partial charge in [-0.3, -0.25) is 4.21 Å². The molecule has 1 atom stereocenters. The third kappa shape index (κ3) is 2.78. The molecular formula is C14H11F2N3OS. The average molecular weight is 307 g/mol. The standard InChI is InChI=1S/C14H11F2N3OS/c15-10-3-1-8(5-11(10)16)7-21(20)14-18-12-4-2-9(17)6-13(12)19-14/h1-6H,7,17H2,(H,18,19). The molecular weight excluding hydrogens is 296 g/mol. The second kappa shape index (κ2) is 5.25. The number of hydrogen-bond acceptors (Lipinski definition) is 3. The Balaban J connectivity index is 1.87. The molecule has 0 aliphatic rings. The van der Waals surface area contributed by atoms with Crippen molar-refractivity contribution in [2.75, 3.05) is 5.73 Å². The number of anilines is 1. The van der Waals surface area contributed by atoms with Crippen molar-refractivity contribution < 1.29 is 13.0 Å². The molecule has 1 unspecified atom stereocenters. The van der Waals surface area contributed by atoms with Gasteiger partial charge in [-0.2, -0.15) is 0 Å². The van der Waals surface area contributed by atoms with Crippen LogP contribution in [0.2, 0.25) is 0 Å². The van der Waals surface area contributed by atoms with E-state index in [4.69, 9.17) is 5.73 Å². The van der Waals surface area contributed by atoms with E-state index in [2.05, 4.69) is 9.97 Å². The smallest absolute Gasteiger partial charge is 0.197 e. The second-order valence-electron chi connectivity index (χ2n) is 4.56. The van der Waals surface area contributed by atoms with Gasteiger partial charge in [-0.05, 0) is 35.9 Å². The SMILES string of the molecule is Nc1ccc2nc(S(=O)Cc3ccc(F)c(F)c3)[nH]c2c1. The highest BCUT2D eigenvalue weighted by atomic mass is 32.2. The molecule has 0 spiro atoms. The van der Waals surface area contributed by atoms with Gasteiger partial charge in [0, 0.05) is 5.69 Å². The first-order valence-electron chi connectivity index (χ1n) is 6.10. The predicted molar refractivity (Wildman–Crippen MR) is 77.0 cm³/mol. The fourth-order valence-corrected chi connectivity index (χ4v) is 3.00. The molecule has 2 aromatic carbocycles. The molecule has 21 heavy (non-hydrogen) atoms. The molecule has 0 aliphatic heterocycles. The van der Waals surface area contributed by atoms with Crippen molar-refractivity contribution in [2.45, 2.75) is 10.9 Å². The number of benzene rings is 2.